The number of aromatic nitrogens is 1. The van der Waals surface area contributed by atoms with Gasteiger partial charge in [0.05, 0.1) is 11.2 Å². The van der Waals surface area contributed by atoms with Gasteiger partial charge in [0, 0.05) is 23.7 Å². The van der Waals surface area contributed by atoms with Crippen molar-refractivity contribution >= 4 is 28.4 Å². The molecule has 5 nitrogen and oxygen atoms in total. The first kappa shape index (κ1) is 20.3. The summed E-state index contributed by atoms with van der Waals surface area (Å²) >= 11 is 0. The Bertz CT molecular complexity index is 1070. The van der Waals surface area contributed by atoms with Gasteiger partial charge >= 0.3 is 0 Å². The number of pyridine rings is 1. The van der Waals surface area contributed by atoms with Crippen LogP contribution in [0.25, 0.3) is 10.9 Å². The Morgan fingerprint density at radius 3 is 2.59 bits per heavy atom. The number of fused-ring (bicyclic) bond motifs is 1. The zero-order valence-electron chi connectivity index (χ0n) is 15.6. The average molecular weight is 401 g/mol. The molecule has 0 aliphatic heterocycles. The van der Waals surface area contributed by atoms with Gasteiger partial charge in [0.2, 0.25) is 5.91 Å². The van der Waals surface area contributed by atoms with E-state index in [1.807, 2.05) is 6.92 Å². The van der Waals surface area contributed by atoms with E-state index in [-0.39, 0.29) is 19.0 Å². The highest BCUT2D eigenvalue weighted by Crippen LogP contribution is 2.21. The van der Waals surface area contributed by atoms with Crippen molar-refractivity contribution in [3.63, 3.8) is 0 Å². The van der Waals surface area contributed by atoms with Crippen LogP contribution in [0.1, 0.15) is 23.7 Å². The molecule has 0 saturated heterocycles. The molecule has 0 radical (unpaired) electrons. The Morgan fingerprint density at radius 1 is 1.03 bits per heavy atom. The number of rotatable bonds is 6. The molecule has 0 bridgehead atoms. The molecule has 3 rings (SSSR count). The minimum absolute atomic E-state index is 0.281. The third-order valence-electron chi connectivity index (χ3n) is 4.30. The third kappa shape index (κ3) is 4.37. The molecule has 0 saturated carbocycles. The second-order valence-electron chi connectivity index (χ2n) is 6.37. The van der Waals surface area contributed by atoms with Gasteiger partial charge in [-0.3, -0.25) is 14.6 Å². The van der Waals surface area contributed by atoms with Crippen LogP contribution in [-0.4, -0.2) is 34.8 Å². The number of hydrogen-bond donors (Lipinski definition) is 1. The van der Waals surface area contributed by atoms with Crippen molar-refractivity contribution in [2.24, 2.45) is 0 Å². The Hall–Kier alpha value is -3.42. The summed E-state index contributed by atoms with van der Waals surface area (Å²) in [4.78, 5) is 30.9. The summed E-state index contributed by atoms with van der Waals surface area (Å²) in [6.07, 6.45) is 2.20. The molecule has 2 aromatic carbocycles. The Balaban J connectivity index is 1.82. The molecule has 2 amide bonds. The van der Waals surface area contributed by atoms with Crippen molar-refractivity contribution in [3.05, 3.63) is 71.7 Å². The predicted molar refractivity (Wildman–Crippen MR) is 103 cm³/mol. The number of carbonyl (C=O) groups excluding carboxylic acids is 2. The van der Waals surface area contributed by atoms with E-state index in [4.69, 9.17) is 0 Å². The van der Waals surface area contributed by atoms with Gasteiger partial charge in [0.1, 0.15) is 6.54 Å². The first-order valence-corrected chi connectivity index (χ1v) is 8.98. The van der Waals surface area contributed by atoms with Crippen molar-refractivity contribution in [1.82, 2.24) is 9.88 Å². The fraction of sp³-hybridized carbons (Fsp3) is 0.190. The number of benzene rings is 2. The monoisotopic (exact) mass is 401 g/mol. The van der Waals surface area contributed by atoms with E-state index in [1.165, 1.54) is 4.90 Å². The van der Waals surface area contributed by atoms with Crippen molar-refractivity contribution in [3.8, 4) is 0 Å². The average Bonchev–Trinajstić information content (AvgIpc) is 2.73. The molecule has 1 aromatic heterocycles. The summed E-state index contributed by atoms with van der Waals surface area (Å²) in [7, 11) is 0. The van der Waals surface area contributed by atoms with Gasteiger partial charge in [0.25, 0.3) is 5.91 Å². The maximum atomic E-state index is 13.8. The van der Waals surface area contributed by atoms with Crippen molar-refractivity contribution in [2.75, 3.05) is 18.4 Å². The summed E-state index contributed by atoms with van der Waals surface area (Å²) < 4.78 is 40.2. The van der Waals surface area contributed by atoms with Crippen LogP contribution in [0.3, 0.4) is 0 Å². The van der Waals surface area contributed by atoms with E-state index < -0.39 is 29.0 Å². The Labute approximate surface area is 165 Å². The number of halogens is 3. The van der Waals surface area contributed by atoms with Crippen LogP contribution in [0.15, 0.2) is 48.7 Å². The number of hydrogen-bond acceptors (Lipinski definition) is 3. The van der Waals surface area contributed by atoms with E-state index in [9.17, 15) is 22.8 Å². The van der Waals surface area contributed by atoms with Gasteiger partial charge in [-0.1, -0.05) is 19.1 Å². The van der Waals surface area contributed by atoms with Crippen molar-refractivity contribution < 1.29 is 22.8 Å². The van der Waals surface area contributed by atoms with Crippen LogP contribution in [0, 0.1) is 17.5 Å². The Morgan fingerprint density at radius 2 is 1.83 bits per heavy atom. The first-order valence-electron chi connectivity index (χ1n) is 8.98. The van der Waals surface area contributed by atoms with Crippen LogP contribution in [0.2, 0.25) is 0 Å². The second kappa shape index (κ2) is 8.72. The number of carbonyl (C=O) groups is 2. The SMILES string of the molecule is CCCN(CC(=O)Nc1ccc(F)c(F)c1F)C(=O)c1cccc2ncccc12. The van der Waals surface area contributed by atoms with Crippen LogP contribution in [0.5, 0.6) is 0 Å². The molecule has 0 fully saturated rings. The highest BCUT2D eigenvalue weighted by molar-refractivity contribution is 6.07. The molecule has 1 heterocycles. The van der Waals surface area contributed by atoms with Gasteiger partial charge in [-0.15, -0.1) is 0 Å². The predicted octanol–water partition coefficient (Wildman–Crippen LogP) is 4.14. The lowest BCUT2D eigenvalue weighted by Crippen LogP contribution is -2.38. The standard InChI is InChI=1S/C21H18F3N3O2/c1-2-11-27(12-18(28)26-17-9-8-15(22)19(23)20(17)24)21(29)14-5-3-7-16-13(14)6-4-10-25-16/h3-10H,2,11-12H2,1H3,(H,26,28). The lowest BCUT2D eigenvalue weighted by atomic mass is 10.1. The largest absolute Gasteiger partial charge is 0.329 e. The normalized spacial score (nSPS) is 10.8. The van der Waals surface area contributed by atoms with Gasteiger partial charge in [-0.05, 0) is 36.8 Å². The molecule has 29 heavy (non-hydrogen) atoms. The van der Waals surface area contributed by atoms with E-state index in [2.05, 4.69) is 10.3 Å². The topological polar surface area (TPSA) is 62.3 Å². The molecular formula is C21H18F3N3O2. The fourth-order valence-corrected chi connectivity index (χ4v) is 2.97. The van der Waals surface area contributed by atoms with Crippen molar-refractivity contribution in [1.29, 1.82) is 0 Å². The van der Waals surface area contributed by atoms with Crippen molar-refractivity contribution in [2.45, 2.75) is 13.3 Å². The van der Waals surface area contributed by atoms with Crippen LogP contribution in [-0.2, 0) is 4.79 Å². The molecule has 0 aliphatic carbocycles. The van der Waals surface area contributed by atoms with E-state index in [0.29, 0.717) is 29.0 Å². The summed E-state index contributed by atoms with van der Waals surface area (Å²) in [5.41, 5.74) is 0.533. The molecule has 0 unspecified atom stereocenters. The van der Waals surface area contributed by atoms with E-state index in [0.717, 1.165) is 6.07 Å². The molecule has 8 heteroatoms. The molecular weight excluding hydrogens is 383 g/mol. The highest BCUT2D eigenvalue weighted by Gasteiger charge is 2.22. The van der Waals surface area contributed by atoms with Crippen LogP contribution >= 0.6 is 0 Å². The highest BCUT2D eigenvalue weighted by atomic mass is 19.2. The maximum absolute atomic E-state index is 13.8. The Kier molecular flexibility index (Phi) is 6.11. The number of nitrogens with one attached hydrogen (secondary N) is 1. The molecule has 150 valence electrons. The molecule has 1 N–H and O–H groups in total. The molecule has 3 aromatic rings. The van der Waals surface area contributed by atoms with Crippen LogP contribution in [0.4, 0.5) is 18.9 Å². The summed E-state index contributed by atoms with van der Waals surface area (Å²) in [5.74, 6) is -5.63. The van der Waals surface area contributed by atoms with Gasteiger partial charge in [-0.2, -0.15) is 0 Å². The minimum Gasteiger partial charge on any atom is -0.329 e. The van der Waals surface area contributed by atoms with E-state index in [1.54, 1.807) is 36.5 Å². The number of nitrogens with zero attached hydrogens (tertiary/aromatic N) is 2. The third-order valence-corrected chi connectivity index (χ3v) is 4.30. The quantitative estimate of drug-likeness (QED) is 0.632. The summed E-state index contributed by atoms with van der Waals surface area (Å²) in [5, 5.41) is 2.83. The minimum atomic E-state index is -1.67. The van der Waals surface area contributed by atoms with Gasteiger partial charge in [0.15, 0.2) is 17.5 Å². The maximum Gasteiger partial charge on any atom is 0.255 e. The fourth-order valence-electron chi connectivity index (χ4n) is 2.97. The van der Waals surface area contributed by atoms with Crippen LogP contribution < -0.4 is 5.32 Å². The molecule has 0 spiro atoms. The van der Waals surface area contributed by atoms with E-state index >= 15 is 0 Å². The van der Waals surface area contributed by atoms with Gasteiger partial charge < -0.3 is 10.2 Å². The lowest BCUT2D eigenvalue weighted by Gasteiger charge is -2.22. The summed E-state index contributed by atoms with van der Waals surface area (Å²) in [6, 6.07) is 10.2. The zero-order valence-corrected chi connectivity index (χ0v) is 15.6. The molecule has 0 atom stereocenters. The summed E-state index contributed by atoms with van der Waals surface area (Å²) in [6.45, 7) is 1.75. The number of amides is 2. The second-order valence-corrected chi connectivity index (χ2v) is 6.37. The lowest BCUT2D eigenvalue weighted by molar-refractivity contribution is -0.116. The number of anilines is 1. The van der Waals surface area contributed by atoms with Gasteiger partial charge in [-0.25, -0.2) is 13.2 Å². The molecule has 0 aliphatic rings. The smallest absolute Gasteiger partial charge is 0.255 e. The first-order chi connectivity index (χ1) is 13.9. The zero-order chi connectivity index (χ0) is 21.0.